The summed E-state index contributed by atoms with van der Waals surface area (Å²) < 4.78 is 29.7. The number of rotatable bonds is 8. The molecule has 1 saturated heterocycles. The topological polar surface area (TPSA) is 130 Å². The lowest BCUT2D eigenvalue weighted by Crippen LogP contribution is -2.65. The molecular weight excluding hydrogens is 565 g/mol. The van der Waals surface area contributed by atoms with Crippen molar-refractivity contribution in [1.82, 2.24) is 5.32 Å². The van der Waals surface area contributed by atoms with E-state index in [4.69, 9.17) is 23.5 Å². The van der Waals surface area contributed by atoms with Gasteiger partial charge in [0.05, 0.1) is 24.8 Å². The van der Waals surface area contributed by atoms with Gasteiger partial charge in [0.2, 0.25) is 0 Å². The number of hydrogen-bond donors (Lipinski definition) is 2. The zero-order valence-corrected chi connectivity index (χ0v) is 26.7. The van der Waals surface area contributed by atoms with Crippen LogP contribution < -0.4 is 14.8 Å². The lowest BCUT2D eigenvalue weighted by Gasteiger charge is -2.64. The summed E-state index contributed by atoms with van der Waals surface area (Å²) >= 11 is 0. The van der Waals surface area contributed by atoms with E-state index in [9.17, 15) is 19.5 Å². The minimum Gasteiger partial charge on any atom is -0.504 e. The molecule has 6 rings (SSSR count). The standard InChI is InChI=1S/C33H42BNO9/c1-18(36)41-24-14-20(12-13-23(24)37)29(38)35-27(34-43-26-17-21-16-25(32(21,5)6)33(26,7)44-34)15-19-10-9-11-22(28(19)40-8)30(39)42-31(2,3)4/h9-14,21,25-27,37H,15-17H2,1-8H3,(H,35,38)/t21?,25?,26?,27-,33?/m0/s1. The molecule has 2 aromatic carbocycles. The first kappa shape index (κ1) is 31.8. The summed E-state index contributed by atoms with van der Waals surface area (Å²) in [5.74, 6) is -1.52. The monoisotopic (exact) mass is 607 g/mol. The molecule has 11 heteroatoms. The van der Waals surface area contributed by atoms with Gasteiger partial charge in [-0.2, -0.15) is 0 Å². The lowest BCUT2D eigenvalue weighted by molar-refractivity contribution is -0.199. The molecule has 3 saturated carbocycles. The maximum Gasteiger partial charge on any atom is 0.482 e. The molecule has 10 nitrogen and oxygen atoms in total. The van der Waals surface area contributed by atoms with Crippen LogP contribution in [0.25, 0.3) is 0 Å². The molecule has 2 N–H and O–H groups in total. The highest BCUT2D eigenvalue weighted by Crippen LogP contribution is 2.65. The van der Waals surface area contributed by atoms with E-state index in [1.54, 1.807) is 32.9 Å². The van der Waals surface area contributed by atoms with Crippen LogP contribution in [0.15, 0.2) is 36.4 Å². The van der Waals surface area contributed by atoms with Crippen LogP contribution in [0.2, 0.25) is 0 Å². The smallest absolute Gasteiger partial charge is 0.482 e. The van der Waals surface area contributed by atoms with Crippen molar-refractivity contribution in [3.63, 3.8) is 0 Å². The Hall–Kier alpha value is -3.57. The first-order valence-electron chi connectivity index (χ1n) is 15.1. The number of benzene rings is 2. The molecule has 1 heterocycles. The van der Waals surface area contributed by atoms with Crippen molar-refractivity contribution in [3.05, 3.63) is 53.1 Å². The molecule has 4 unspecified atom stereocenters. The molecule has 0 radical (unpaired) electrons. The van der Waals surface area contributed by atoms with E-state index in [0.29, 0.717) is 23.1 Å². The molecule has 4 fully saturated rings. The molecular formula is C33H42BNO9. The molecule has 5 atom stereocenters. The normalized spacial score (nSPS) is 25.7. The summed E-state index contributed by atoms with van der Waals surface area (Å²) in [5, 5.41) is 13.2. The van der Waals surface area contributed by atoms with Gasteiger partial charge in [-0.3, -0.25) is 9.59 Å². The van der Waals surface area contributed by atoms with Crippen LogP contribution in [-0.4, -0.2) is 60.4 Å². The Morgan fingerprint density at radius 3 is 2.50 bits per heavy atom. The summed E-state index contributed by atoms with van der Waals surface area (Å²) in [6, 6.07) is 9.26. The van der Waals surface area contributed by atoms with Gasteiger partial charge in [-0.1, -0.05) is 26.0 Å². The SMILES string of the molecule is COc1c(C[C@H](NC(=O)c2ccc(O)c(OC(C)=O)c2)B2OC3CC4CC(C4(C)C)C3(C)O2)cccc1C(=O)OC(C)(C)C. The second kappa shape index (κ2) is 11.4. The van der Waals surface area contributed by atoms with Crippen molar-refractivity contribution < 1.29 is 43.0 Å². The number of esters is 2. The quantitative estimate of drug-likeness (QED) is 0.245. The molecule has 3 aliphatic carbocycles. The number of para-hydroxylation sites is 1. The van der Waals surface area contributed by atoms with E-state index in [2.05, 4.69) is 26.1 Å². The Labute approximate surface area is 258 Å². The summed E-state index contributed by atoms with van der Waals surface area (Å²) in [4.78, 5) is 38.3. The van der Waals surface area contributed by atoms with Crippen LogP contribution in [0.1, 0.15) is 87.6 Å². The van der Waals surface area contributed by atoms with Gasteiger partial charge in [-0.25, -0.2) is 4.79 Å². The van der Waals surface area contributed by atoms with Crippen LogP contribution in [0.5, 0.6) is 17.2 Å². The molecule has 0 spiro atoms. The van der Waals surface area contributed by atoms with Gasteiger partial charge < -0.3 is 33.9 Å². The third-order valence-corrected chi connectivity index (χ3v) is 9.45. The summed E-state index contributed by atoms with van der Waals surface area (Å²) in [7, 11) is 0.699. The predicted octanol–water partition coefficient (Wildman–Crippen LogP) is 4.89. The Morgan fingerprint density at radius 2 is 1.86 bits per heavy atom. The fraction of sp³-hybridized carbons (Fsp3) is 0.545. The van der Waals surface area contributed by atoms with Gasteiger partial charge in [0.15, 0.2) is 11.5 Å². The number of nitrogens with one attached hydrogen (secondary N) is 1. The number of phenols is 1. The van der Waals surface area contributed by atoms with Gasteiger partial charge in [-0.15, -0.1) is 0 Å². The van der Waals surface area contributed by atoms with E-state index in [1.165, 1.54) is 32.2 Å². The molecule has 0 aromatic heterocycles. The number of carbonyl (C=O) groups excluding carboxylic acids is 3. The van der Waals surface area contributed by atoms with E-state index in [0.717, 1.165) is 12.8 Å². The molecule has 1 aliphatic heterocycles. The molecule has 44 heavy (non-hydrogen) atoms. The molecule has 2 bridgehead atoms. The Kier molecular flexibility index (Phi) is 8.26. The van der Waals surface area contributed by atoms with Crippen molar-refractivity contribution in [1.29, 1.82) is 0 Å². The van der Waals surface area contributed by atoms with Crippen LogP contribution in [-0.2, 0) is 25.3 Å². The van der Waals surface area contributed by atoms with E-state index < -0.39 is 42.1 Å². The van der Waals surface area contributed by atoms with Crippen LogP contribution in [0.3, 0.4) is 0 Å². The zero-order valence-electron chi connectivity index (χ0n) is 26.7. The van der Waals surface area contributed by atoms with Crippen molar-refractivity contribution >= 4 is 25.0 Å². The minimum atomic E-state index is -0.788. The maximum atomic E-state index is 13.7. The number of phenolic OH excluding ortho intramolecular Hbond substituents is 1. The van der Waals surface area contributed by atoms with Crippen molar-refractivity contribution in [2.45, 2.75) is 91.0 Å². The van der Waals surface area contributed by atoms with Gasteiger partial charge in [0.1, 0.15) is 16.9 Å². The Morgan fingerprint density at radius 1 is 1.14 bits per heavy atom. The second-order valence-electron chi connectivity index (χ2n) is 13.9. The summed E-state index contributed by atoms with van der Waals surface area (Å²) in [6.45, 7) is 13.3. The number of hydrogen-bond acceptors (Lipinski definition) is 9. The van der Waals surface area contributed by atoms with E-state index in [-0.39, 0.29) is 40.6 Å². The van der Waals surface area contributed by atoms with Crippen LogP contribution in [0.4, 0.5) is 0 Å². The van der Waals surface area contributed by atoms with Crippen molar-refractivity contribution in [3.8, 4) is 17.2 Å². The highest BCUT2D eigenvalue weighted by Gasteiger charge is 2.68. The lowest BCUT2D eigenvalue weighted by atomic mass is 9.43. The summed E-state index contributed by atoms with van der Waals surface area (Å²) in [6.07, 6.45) is 2.04. The van der Waals surface area contributed by atoms with Crippen LogP contribution in [0, 0.1) is 17.3 Å². The van der Waals surface area contributed by atoms with Gasteiger partial charge in [0, 0.05) is 12.5 Å². The first-order chi connectivity index (χ1) is 20.5. The molecule has 1 amide bonds. The Bertz CT molecular complexity index is 1470. The van der Waals surface area contributed by atoms with E-state index in [1.807, 2.05) is 6.07 Å². The number of ether oxygens (including phenoxy) is 3. The Balaban J connectivity index is 1.47. The second-order valence-corrected chi connectivity index (χ2v) is 13.9. The zero-order chi connectivity index (χ0) is 32.2. The fourth-order valence-corrected chi connectivity index (χ4v) is 7.15. The van der Waals surface area contributed by atoms with E-state index >= 15 is 0 Å². The number of carbonyl (C=O) groups is 3. The number of amides is 1. The van der Waals surface area contributed by atoms with Crippen molar-refractivity contribution in [2.75, 3.05) is 7.11 Å². The van der Waals surface area contributed by atoms with Gasteiger partial charge in [0.25, 0.3) is 5.91 Å². The average Bonchev–Trinajstić information content (AvgIpc) is 3.29. The molecule has 236 valence electrons. The average molecular weight is 608 g/mol. The largest absolute Gasteiger partial charge is 0.504 e. The predicted molar refractivity (Wildman–Crippen MR) is 163 cm³/mol. The van der Waals surface area contributed by atoms with Gasteiger partial charge in [-0.05, 0) is 94.0 Å². The van der Waals surface area contributed by atoms with Crippen molar-refractivity contribution in [2.24, 2.45) is 17.3 Å². The third-order valence-electron chi connectivity index (χ3n) is 9.45. The summed E-state index contributed by atoms with van der Waals surface area (Å²) in [5.41, 5.74) is 0.0100. The first-order valence-corrected chi connectivity index (χ1v) is 15.1. The maximum absolute atomic E-state index is 13.7. The van der Waals surface area contributed by atoms with Crippen LogP contribution >= 0.6 is 0 Å². The fourth-order valence-electron chi connectivity index (χ4n) is 7.15. The third kappa shape index (κ3) is 5.91. The number of aromatic hydroxyl groups is 1. The number of methoxy groups -OCH3 is 1. The van der Waals surface area contributed by atoms with Gasteiger partial charge >= 0.3 is 19.1 Å². The molecule has 4 aliphatic rings. The highest BCUT2D eigenvalue weighted by atomic mass is 16.7. The minimum absolute atomic E-state index is 0.122. The highest BCUT2D eigenvalue weighted by molar-refractivity contribution is 6.48. The molecule has 2 aromatic rings.